The Morgan fingerprint density at radius 1 is 1.25 bits per heavy atom. The van der Waals surface area contributed by atoms with Gasteiger partial charge in [-0.3, -0.25) is 4.98 Å². The number of sulfonamides is 1. The number of aromatic nitrogens is 1. The molecule has 1 aromatic heterocycles. The van der Waals surface area contributed by atoms with Crippen LogP contribution in [0.25, 0.3) is 0 Å². The van der Waals surface area contributed by atoms with Crippen LogP contribution >= 0.6 is 0 Å². The molecule has 5 N–H and O–H groups in total. The molecule has 0 saturated heterocycles. The quantitative estimate of drug-likeness (QED) is 0.734. The van der Waals surface area contributed by atoms with Gasteiger partial charge in [-0.15, -0.1) is 0 Å². The highest BCUT2D eigenvalue weighted by atomic mass is 32.2. The number of hydrogen-bond acceptors (Lipinski definition) is 5. The zero-order chi connectivity index (χ0) is 14.8. The van der Waals surface area contributed by atoms with Gasteiger partial charge in [0.1, 0.15) is 4.90 Å². The number of rotatable bonds is 4. The standard InChI is InChI=1S/C13H16N4O2S/c1-9-2-3-10(7-16-9)8-17-11-4-5-13(12(14)6-11)20(15,18)19/h2-7,17H,8,14H2,1H3,(H2,15,18,19). The molecule has 1 aromatic carbocycles. The molecule has 0 fully saturated rings. The molecule has 0 aliphatic carbocycles. The Morgan fingerprint density at radius 3 is 2.55 bits per heavy atom. The van der Waals surface area contributed by atoms with Crippen molar-refractivity contribution < 1.29 is 8.42 Å². The third kappa shape index (κ3) is 3.46. The second-order valence-corrected chi connectivity index (χ2v) is 5.99. The summed E-state index contributed by atoms with van der Waals surface area (Å²) in [6.07, 6.45) is 1.78. The lowest BCUT2D eigenvalue weighted by Gasteiger charge is -2.09. The van der Waals surface area contributed by atoms with Crippen molar-refractivity contribution in [3.05, 3.63) is 47.8 Å². The van der Waals surface area contributed by atoms with Crippen LogP contribution < -0.4 is 16.2 Å². The highest BCUT2D eigenvalue weighted by Crippen LogP contribution is 2.21. The van der Waals surface area contributed by atoms with Crippen LogP contribution in [0.15, 0.2) is 41.4 Å². The molecular weight excluding hydrogens is 276 g/mol. The predicted molar refractivity (Wildman–Crippen MR) is 78.5 cm³/mol. The average molecular weight is 292 g/mol. The minimum Gasteiger partial charge on any atom is -0.398 e. The Bertz CT molecular complexity index is 712. The average Bonchev–Trinajstić information content (AvgIpc) is 2.36. The molecule has 0 spiro atoms. The lowest BCUT2D eigenvalue weighted by Crippen LogP contribution is -2.14. The molecule has 0 aliphatic rings. The van der Waals surface area contributed by atoms with Gasteiger partial charge in [-0.25, -0.2) is 13.6 Å². The number of primary sulfonamides is 1. The van der Waals surface area contributed by atoms with E-state index in [1.54, 1.807) is 18.3 Å². The van der Waals surface area contributed by atoms with Crippen molar-refractivity contribution in [1.29, 1.82) is 0 Å². The van der Waals surface area contributed by atoms with Crippen LogP contribution in [0.5, 0.6) is 0 Å². The van der Waals surface area contributed by atoms with Crippen LogP contribution in [0.4, 0.5) is 11.4 Å². The van der Waals surface area contributed by atoms with Gasteiger partial charge in [0, 0.05) is 24.1 Å². The summed E-state index contributed by atoms with van der Waals surface area (Å²) < 4.78 is 22.5. The molecule has 0 unspecified atom stereocenters. The predicted octanol–water partition coefficient (Wildman–Crippen LogP) is 1.23. The van der Waals surface area contributed by atoms with E-state index < -0.39 is 10.0 Å². The molecule has 0 bridgehead atoms. The van der Waals surface area contributed by atoms with Crippen molar-refractivity contribution in [2.45, 2.75) is 18.4 Å². The highest BCUT2D eigenvalue weighted by Gasteiger charge is 2.12. The smallest absolute Gasteiger partial charge is 0.240 e. The minimum absolute atomic E-state index is 0.0694. The highest BCUT2D eigenvalue weighted by molar-refractivity contribution is 7.89. The normalized spacial score (nSPS) is 11.3. The van der Waals surface area contributed by atoms with Crippen LogP contribution in [-0.4, -0.2) is 13.4 Å². The number of nitrogen functional groups attached to an aromatic ring is 1. The summed E-state index contributed by atoms with van der Waals surface area (Å²) in [6.45, 7) is 2.49. The maximum absolute atomic E-state index is 11.2. The van der Waals surface area contributed by atoms with E-state index in [-0.39, 0.29) is 10.6 Å². The summed E-state index contributed by atoms with van der Waals surface area (Å²) in [7, 11) is -3.78. The Morgan fingerprint density at radius 2 is 2.00 bits per heavy atom. The number of pyridine rings is 1. The van der Waals surface area contributed by atoms with Crippen molar-refractivity contribution in [2.24, 2.45) is 5.14 Å². The van der Waals surface area contributed by atoms with Gasteiger partial charge in [-0.2, -0.15) is 0 Å². The van der Waals surface area contributed by atoms with Gasteiger partial charge in [-0.05, 0) is 36.8 Å². The molecule has 0 atom stereocenters. The fraction of sp³-hybridized carbons (Fsp3) is 0.154. The topological polar surface area (TPSA) is 111 Å². The summed E-state index contributed by atoms with van der Waals surface area (Å²) in [6, 6.07) is 8.45. The van der Waals surface area contributed by atoms with Gasteiger partial charge >= 0.3 is 0 Å². The van der Waals surface area contributed by atoms with E-state index in [9.17, 15) is 8.42 Å². The fourth-order valence-electron chi connectivity index (χ4n) is 1.72. The molecule has 0 aliphatic heterocycles. The molecule has 0 radical (unpaired) electrons. The van der Waals surface area contributed by atoms with E-state index in [4.69, 9.17) is 10.9 Å². The Hall–Kier alpha value is -2.12. The van der Waals surface area contributed by atoms with E-state index in [2.05, 4.69) is 10.3 Å². The summed E-state index contributed by atoms with van der Waals surface area (Å²) in [4.78, 5) is 4.13. The van der Waals surface area contributed by atoms with E-state index >= 15 is 0 Å². The lowest BCUT2D eigenvalue weighted by molar-refractivity contribution is 0.598. The zero-order valence-electron chi connectivity index (χ0n) is 11.0. The number of nitrogens with two attached hydrogens (primary N) is 2. The minimum atomic E-state index is -3.78. The van der Waals surface area contributed by atoms with Gasteiger partial charge in [0.05, 0.1) is 5.69 Å². The van der Waals surface area contributed by atoms with Crippen molar-refractivity contribution in [1.82, 2.24) is 4.98 Å². The largest absolute Gasteiger partial charge is 0.398 e. The number of hydrogen-bond donors (Lipinski definition) is 3. The van der Waals surface area contributed by atoms with Gasteiger partial charge in [0.25, 0.3) is 0 Å². The van der Waals surface area contributed by atoms with Crippen molar-refractivity contribution in [3.63, 3.8) is 0 Å². The SMILES string of the molecule is Cc1ccc(CNc2ccc(S(N)(=O)=O)c(N)c2)cn1. The zero-order valence-corrected chi connectivity index (χ0v) is 11.8. The number of nitrogens with zero attached hydrogens (tertiary/aromatic N) is 1. The Labute approximate surface area is 117 Å². The first-order valence-corrected chi connectivity index (χ1v) is 7.48. The lowest BCUT2D eigenvalue weighted by atomic mass is 10.2. The molecule has 20 heavy (non-hydrogen) atoms. The summed E-state index contributed by atoms with van der Waals surface area (Å²) in [5.41, 5.74) is 8.50. The maximum atomic E-state index is 11.2. The molecule has 106 valence electrons. The number of anilines is 2. The first-order valence-electron chi connectivity index (χ1n) is 5.94. The maximum Gasteiger partial charge on any atom is 0.240 e. The molecule has 1 heterocycles. The monoisotopic (exact) mass is 292 g/mol. The molecule has 2 rings (SSSR count). The van der Waals surface area contributed by atoms with E-state index in [0.29, 0.717) is 6.54 Å². The van der Waals surface area contributed by atoms with Gasteiger partial charge in [0.2, 0.25) is 10.0 Å². The first kappa shape index (κ1) is 14.3. The van der Waals surface area contributed by atoms with Crippen LogP contribution in [0, 0.1) is 6.92 Å². The van der Waals surface area contributed by atoms with Crippen LogP contribution in [0.2, 0.25) is 0 Å². The fourth-order valence-corrected chi connectivity index (χ4v) is 2.37. The van der Waals surface area contributed by atoms with Crippen LogP contribution in [0.3, 0.4) is 0 Å². The Kier molecular flexibility index (Phi) is 3.91. The molecule has 0 amide bonds. The Balaban J connectivity index is 2.11. The number of benzene rings is 1. The van der Waals surface area contributed by atoms with Crippen LogP contribution in [0.1, 0.15) is 11.3 Å². The second kappa shape index (κ2) is 5.48. The summed E-state index contributed by atoms with van der Waals surface area (Å²) in [5.74, 6) is 0. The van der Waals surface area contributed by atoms with E-state index in [1.165, 1.54) is 6.07 Å². The number of nitrogens with one attached hydrogen (secondary N) is 1. The third-order valence-electron chi connectivity index (χ3n) is 2.79. The van der Waals surface area contributed by atoms with Crippen molar-refractivity contribution >= 4 is 21.4 Å². The summed E-state index contributed by atoms with van der Waals surface area (Å²) in [5, 5.41) is 8.19. The first-order chi connectivity index (χ1) is 9.36. The molecule has 0 saturated carbocycles. The van der Waals surface area contributed by atoms with Gasteiger partial charge in [0.15, 0.2) is 0 Å². The molecule has 6 nitrogen and oxygen atoms in total. The second-order valence-electron chi connectivity index (χ2n) is 4.46. The van der Waals surface area contributed by atoms with Gasteiger partial charge < -0.3 is 11.1 Å². The van der Waals surface area contributed by atoms with E-state index in [1.807, 2.05) is 19.1 Å². The van der Waals surface area contributed by atoms with Gasteiger partial charge in [-0.1, -0.05) is 6.07 Å². The number of aryl methyl sites for hydroxylation is 1. The summed E-state index contributed by atoms with van der Waals surface area (Å²) >= 11 is 0. The van der Waals surface area contributed by atoms with Crippen molar-refractivity contribution in [3.8, 4) is 0 Å². The third-order valence-corrected chi connectivity index (χ3v) is 3.77. The van der Waals surface area contributed by atoms with Crippen molar-refractivity contribution in [2.75, 3.05) is 11.1 Å². The molecular formula is C13H16N4O2S. The van der Waals surface area contributed by atoms with Crippen LogP contribution in [-0.2, 0) is 16.6 Å². The van der Waals surface area contributed by atoms with E-state index in [0.717, 1.165) is 16.9 Å². The molecule has 7 heteroatoms. The molecule has 2 aromatic rings.